The molecule has 1 aliphatic heterocycles. The predicted octanol–water partition coefficient (Wildman–Crippen LogP) is 1.30. The van der Waals surface area contributed by atoms with Gasteiger partial charge in [-0.15, -0.1) is 0 Å². The standard InChI is InChI=1S/C13H18O5/c1-11(2)6-7-13(12(3,16)8-11)17-9(14)4-5-10(15)18-13/h4-5,16H,6-8H2,1-3H3. The Morgan fingerprint density at radius 3 is 2.00 bits per heavy atom. The van der Waals surface area contributed by atoms with Crippen LogP contribution >= 0.6 is 0 Å². The molecule has 1 unspecified atom stereocenters. The van der Waals surface area contributed by atoms with Crippen LogP contribution in [0, 0.1) is 5.41 Å². The normalized spacial score (nSPS) is 33.8. The second-order valence-electron chi connectivity index (χ2n) is 6.04. The molecule has 1 atom stereocenters. The molecule has 0 aromatic heterocycles. The maximum absolute atomic E-state index is 11.5. The third-order valence-corrected chi connectivity index (χ3v) is 3.66. The van der Waals surface area contributed by atoms with Crippen molar-refractivity contribution in [3.8, 4) is 0 Å². The van der Waals surface area contributed by atoms with Crippen molar-refractivity contribution in [2.45, 2.75) is 51.4 Å². The second-order valence-corrected chi connectivity index (χ2v) is 6.04. The van der Waals surface area contributed by atoms with Gasteiger partial charge in [0.15, 0.2) is 0 Å². The van der Waals surface area contributed by atoms with Gasteiger partial charge in [0.2, 0.25) is 0 Å². The zero-order chi connectivity index (χ0) is 13.6. The Balaban J connectivity index is 2.35. The molecule has 0 radical (unpaired) electrons. The number of ether oxygens (including phenoxy) is 2. The van der Waals surface area contributed by atoms with Crippen LogP contribution in [0.1, 0.15) is 40.0 Å². The largest absolute Gasteiger partial charge is 0.416 e. The lowest BCUT2D eigenvalue weighted by atomic mass is 9.67. The summed E-state index contributed by atoms with van der Waals surface area (Å²) in [5.74, 6) is -2.90. The highest BCUT2D eigenvalue weighted by atomic mass is 16.7. The van der Waals surface area contributed by atoms with E-state index in [1.807, 2.05) is 13.8 Å². The van der Waals surface area contributed by atoms with E-state index in [9.17, 15) is 14.7 Å². The summed E-state index contributed by atoms with van der Waals surface area (Å²) in [7, 11) is 0. The van der Waals surface area contributed by atoms with Crippen molar-refractivity contribution in [2.24, 2.45) is 5.41 Å². The first-order valence-corrected chi connectivity index (χ1v) is 6.02. The topological polar surface area (TPSA) is 72.8 Å². The summed E-state index contributed by atoms with van der Waals surface area (Å²) in [6.07, 6.45) is 3.43. The zero-order valence-electron chi connectivity index (χ0n) is 10.9. The Bertz CT molecular complexity index is 399. The fraction of sp³-hybridized carbons (Fsp3) is 0.692. The van der Waals surface area contributed by atoms with Crippen LogP contribution < -0.4 is 0 Å². The highest BCUT2D eigenvalue weighted by Crippen LogP contribution is 2.49. The van der Waals surface area contributed by atoms with Gasteiger partial charge in [-0.3, -0.25) is 0 Å². The summed E-state index contributed by atoms with van der Waals surface area (Å²) in [5, 5.41) is 10.6. The molecule has 0 aromatic carbocycles. The van der Waals surface area contributed by atoms with Gasteiger partial charge in [-0.1, -0.05) is 13.8 Å². The second kappa shape index (κ2) is 3.82. The maximum Gasteiger partial charge on any atom is 0.334 e. The van der Waals surface area contributed by atoms with Gasteiger partial charge in [-0.2, -0.15) is 0 Å². The van der Waals surface area contributed by atoms with Crippen LogP contribution in [-0.4, -0.2) is 28.4 Å². The zero-order valence-corrected chi connectivity index (χ0v) is 10.9. The molecule has 1 N–H and O–H groups in total. The minimum atomic E-state index is -1.57. The van der Waals surface area contributed by atoms with Crippen LogP contribution in [0.2, 0.25) is 0 Å². The first-order chi connectivity index (χ1) is 8.16. The Labute approximate surface area is 106 Å². The van der Waals surface area contributed by atoms with E-state index < -0.39 is 23.3 Å². The van der Waals surface area contributed by atoms with Crippen molar-refractivity contribution in [3.05, 3.63) is 12.2 Å². The van der Waals surface area contributed by atoms with Crippen LogP contribution in [0.15, 0.2) is 12.2 Å². The minimum absolute atomic E-state index is 0.0900. The number of hydrogen-bond acceptors (Lipinski definition) is 5. The third kappa shape index (κ3) is 2.14. The van der Waals surface area contributed by atoms with E-state index >= 15 is 0 Å². The van der Waals surface area contributed by atoms with Gasteiger partial charge >= 0.3 is 11.9 Å². The predicted molar refractivity (Wildman–Crippen MR) is 62.3 cm³/mol. The van der Waals surface area contributed by atoms with E-state index in [1.165, 1.54) is 0 Å². The van der Waals surface area contributed by atoms with E-state index in [1.54, 1.807) is 6.92 Å². The molecule has 2 aliphatic rings. The summed E-state index contributed by atoms with van der Waals surface area (Å²) >= 11 is 0. The maximum atomic E-state index is 11.5. The molecule has 100 valence electrons. The van der Waals surface area contributed by atoms with Crippen LogP contribution in [-0.2, 0) is 19.1 Å². The lowest BCUT2D eigenvalue weighted by Gasteiger charge is -2.50. The van der Waals surface area contributed by atoms with Crippen molar-refractivity contribution in [3.63, 3.8) is 0 Å². The van der Waals surface area contributed by atoms with Crippen molar-refractivity contribution in [1.29, 1.82) is 0 Å². The Morgan fingerprint density at radius 2 is 1.56 bits per heavy atom. The molecule has 0 saturated heterocycles. The lowest BCUT2D eigenvalue weighted by molar-refractivity contribution is -0.307. The van der Waals surface area contributed by atoms with Gasteiger partial charge in [0, 0.05) is 18.6 Å². The van der Waals surface area contributed by atoms with Gasteiger partial charge in [0.1, 0.15) is 5.60 Å². The average Bonchev–Trinajstić information content (AvgIpc) is 2.33. The Kier molecular flexibility index (Phi) is 2.77. The highest BCUT2D eigenvalue weighted by molar-refractivity contribution is 5.93. The van der Waals surface area contributed by atoms with E-state index in [0.29, 0.717) is 19.3 Å². The Morgan fingerprint density at radius 1 is 1.06 bits per heavy atom. The van der Waals surface area contributed by atoms with Gasteiger partial charge in [-0.25, -0.2) is 9.59 Å². The monoisotopic (exact) mass is 254 g/mol. The van der Waals surface area contributed by atoms with E-state index in [2.05, 4.69) is 0 Å². The van der Waals surface area contributed by atoms with Crippen LogP contribution in [0.25, 0.3) is 0 Å². The van der Waals surface area contributed by atoms with Crippen molar-refractivity contribution < 1.29 is 24.2 Å². The van der Waals surface area contributed by atoms with E-state index in [4.69, 9.17) is 9.47 Å². The summed E-state index contributed by atoms with van der Waals surface area (Å²) in [6, 6.07) is 0. The summed E-state index contributed by atoms with van der Waals surface area (Å²) < 4.78 is 10.4. The van der Waals surface area contributed by atoms with Gasteiger partial charge < -0.3 is 14.6 Å². The SMILES string of the molecule is CC1(C)CCC2(OC(=O)C=CC(=O)O2)C(C)(O)C1. The third-order valence-electron chi connectivity index (χ3n) is 3.66. The molecule has 0 amide bonds. The van der Waals surface area contributed by atoms with Crippen LogP contribution in [0.4, 0.5) is 0 Å². The molecule has 5 heteroatoms. The smallest absolute Gasteiger partial charge is 0.334 e. The van der Waals surface area contributed by atoms with Crippen molar-refractivity contribution >= 4 is 11.9 Å². The lowest BCUT2D eigenvalue weighted by Crippen LogP contribution is -2.61. The van der Waals surface area contributed by atoms with Crippen molar-refractivity contribution in [2.75, 3.05) is 0 Å². The molecule has 1 aliphatic carbocycles. The number of rotatable bonds is 0. The summed E-state index contributed by atoms with van der Waals surface area (Å²) in [6.45, 7) is 5.58. The number of carbonyl (C=O) groups excluding carboxylic acids is 2. The summed E-state index contributed by atoms with van der Waals surface area (Å²) in [4.78, 5) is 23.0. The van der Waals surface area contributed by atoms with Crippen LogP contribution in [0.5, 0.6) is 0 Å². The molecule has 5 nitrogen and oxygen atoms in total. The van der Waals surface area contributed by atoms with Gasteiger partial charge in [0.25, 0.3) is 5.79 Å². The molecular weight excluding hydrogens is 236 g/mol. The molecular formula is C13H18O5. The molecule has 0 bridgehead atoms. The first-order valence-electron chi connectivity index (χ1n) is 6.02. The molecule has 1 fully saturated rings. The quantitative estimate of drug-likeness (QED) is 0.660. The first kappa shape index (κ1) is 13.1. The number of esters is 2. The minimum Gasteiger partial charge on any atom is -0.416 e. The fourth-order valence-electron chi connectivity index (χ4n) is 2.80. The van der Waals surface area contributed by atoms with E-state index in [0.717, 1.165) is 12.2 Å². The summed E-state index contributed by atoms with van der Waals surface area (Å²) in [5.41, 5.74) is -1.49. The fourth-order valence-corrected chi connectivity index (χ4v) is 2.80. The highest BCUT2D eigenvalue weighted by Gasteiger charge is 2.59. The molecule has 1 spiro atoms. The van der Waals surface area contributed by atoms with Crippen molar-refractivity contribution in [1.82, 2.24) is 0 Å². The van der Waals surface area contributed by atoms with Gasteiger partial charge in [0.05, 0.1) is 0 Å². The average molecular weight is 254 g/mol. The molecule has 1 heterocycles. The number of hydrogen-bond donors (Lipinski definition) is 1. The Hall–Kier alpha value is -1.36. The molecule has 1 saturated carbocycles. The van der Waals surface area contributed by atoms with E-state index in [-0.39, 0.29) is 5.41 Å². The number of aliphatic hydroxyl groups is 1. The molecule has 0 aromatic rings. The number of carbonyl (C=O) groups is 2. The molecule has 18 heavy (non-hydrogen) atoms. The molecule has 2 rings (SSSR count). The van der Waals surface area contributed by atoms with Crippen LogP contribution in [0.3, 0.4) is 0 Å². The van der Waals surface area contributed by atoms with Gasteiger partial charge in [-0.05, 0) is 25.2 Å².